The number of aldehydes is 1. The van der Waals surface area contributed by atoms with Crippen molar-refractivity contribution < 1.29 is 28.4 Å². The van der Waals surface area contributed by atoms with Crippen LogP contribution < -0.4 is 5.46 Å². The third kappa shape index (κ3) is 3.44. The minimum atomic E-state index is -1.05. The van der Waals surface area contributed by atoms with Gasteiger partial charge in [-0.2, -0.15) is 0 Å². The van der Waals surface area contributed by atoms with Crippen molar-refractivity contribution in [2.45, 2.75) is 43.8 Å². The lowest BCUT2D eigenvalue weighted by atomic mass is 9.75. The summed E-state index contributed by atoms with van der Waals surface area (Å²) in [6, 6.07) is 2.84. The fraction of sp³-hybridized carbons (Fsp3) is 0.467. The molecule has 1 heterocycles. The van der Waals surface area contributed by atoms with Crippen LogP contribution in [0.2, 0.25) is 0 Å². The Labute approximate surface area is 138 Å². The minimum Gasteiger partial charge on any atom is -0.481 e. The SMILES string of the molecule is CC1(C)OB(c2c(C=O)ccc(SCC(=O)O)c2F)OC1(C)C. The highest BCUT2D eigenvalue weighted by molar-refractivity contribution is 8.00. The average molecular weight is 340 g/mol. The second kappa shape index (κ2) is 6.26. The number of aliphatic carboxylic acids is 1. The molecule has 0 radical (unpaired) electrons. The highest BCUT2D eigenvalue weighted by Crippen LogP contribution is 2.37. The van der Waals surface area contributed by atoms with Gasteiger partial charge in [-0.25, -0.2) is 4.39 Å². The topological polar surface area (TPSA) is 72.8 Å². The number of carboxylic acids is 1. The molecule has 1 aromatic rings. The lowest BCUT2D eigenvalue weighted by Crippen LogP contribution is -2.41. The van der Waals surface area contributed by atoms with E-state index in [4.69, 9.17) is 14.4 Å². The van der Waals surface area contributed by atoms with E-state index in [-0.39, 0.29) is 21.7 Å². The van der Waals surface area contributed by atoms with Crippen molar-refractivity contribution in [1.82, 2.24) is 0 Å². The molecule has 1 aliphatic rings. The van der Waals surface area contributed by atoms with Gasteiger partial charge in [0.2, 0.25) is 0 Å². The van der Waals surface area contributed by atoms with Gasteiger partial charge in [0.15, 0.2) is 0 Å². The Hall–Kier alpha value is -1.38. The van der Waals surface area contributed by atoms with E-state index in [9.17, 15) is 14.0 Å². The summed E-state index contributed by atoms with van der Waals surface area (Å²) in [7, 11) is -1.02. The maximum absolute atomic E-state index is 14.8. The molecule has 23 heavy (non-hydrogen) atoms. The van der Waals surface area contributed by atoms with Crippen LogP contribution >= 0.6 is 11.8 Å². The number of thioether (sulfide) groups is 1. The molecule has 1 aliphatic heterocycles. The molecule has 0 atom stereocenters. The summed E-state index contributed by atoms with van der Waals surface area (Å²) in [5.41, 5.74) is -1.21. The molecular weight excluding hydrogens is 322 g/mol. The largest absolute Gasteiger partial charge is 0.498 e. The van der Waals surface area contributed by atoms with Crippen LogP contribution in [-0.4, -0.2) is 41.4 Å². The number of benzene rings is 1. The minimum absolute atomic E-state index is 0.00837. The van der Waals surface area contributed by atoms with E-state index in [1.165, 1.54) is 12.1 Å². The summed E-state index contributed by atoms with van der Waals surface area (Å²) < 4.78 is 26.4. The summed E-state index contributed by atoms with van der Waals surface area (Å²) in [5, 5.41) is 8.74. The van der Waals surface area contributed by atoms with Crippen molar-refractivity contribution >= 4 is 36.6 Å². The average Bonchev–Trinajstić information content (AvgIpc) is 2.65. The predicted octanol–water partition coefficient (Wildman–Crippen LogP) is 2.11. The van der Waals surface area contributed by atoms with Crippen molar-refractivity contribution in [1.29, 1.82) is 0 Å². The summed E-state index contributed by atoms with van der Waals surface area (Å²) in [4.78, 5) is 22.1. The van der Waals surface area contributed by atoms with Crippen LogP contribution in [0.1, 0.15) is 38.1 Å². The van der Waals surface area contributed by atoms with Crippen molar-refractivity contribution in [3.05, 3.63) is 23.5 Å². The van der Waals surface area contributed by atoms with Gasteiger partial charge in [-0.05, 0) is 33.8 Å². The molecule has 124 valence electrons. The van der Waals surface area contributed by atoms with Gasteiger partial charge in [0.1, 0.15) is 12.1 Å². The van der Waals surface area contributed by atoms with Gasteiger partial charge >= 0.3 is 13.1 Å². The van der Waals surface area contributed by atoms with Gasteiger partial charge in [-0.3, -0.25) is 9.59 Å². The van der Waals surface area contributed by atoms with Gasteiger partial charge in [0, 0.05) is 15.9 Å². The van der Waals surface area contributed by atoms with E-state index in [1.807, 2.05) is 27.7 Å². The van der Waals surface area contributed by atoms with Gasteiger partial charge in [-0.15, -0.1) is 11.8 Å². The first-order valence-corrected chi connectivity index (χ1v) is 8.05. The molecule has 1 saturated heterocycles. The molecule has 0 unspecified atom stereocenters. The predicted molar refractivity (Wildman–Crippen MR) is 85.9 cm³/mol. The van der Waals surface area contributed by atoms with Gasteiger partial charge in [0.25, 0.3) is 0 Å². The van der Waals surface area contributed by atoms with Crippen LogP contribution in [0.25, 0.3) is 0 Å². The molecule has 5 nitrogen and oxygen atoms in total. The smallest absolute Gasteiger partial charge is 0.481 e. The third-order valence-corrected chi connectivity index (χ3v) is 5.16. The standard InChI is InChI=1S/C15H18BFO5S/c1-14(2)15(3,4)22-16(21-14)12-9(7-18)5-6-10(13(12)17)23-8-11(19)20/h5-7H,8H2,1-4H3,(H,19,20). The van der Waals surface area contributed by atoms with Crippen molar-refractivity contribution in [3.63, 3.8) is 0 Å². The Kier molecular flexibility index (Phi) is 4.89. The van der Waals surface area contributed by atoms with Gasteiger partial charge in [-0.1, -0.05) is 6.07 Å². The molecule has 0 aromatic heterocycles. The highest BCUT2D eigenvalue weighted by Gasteiger charge is 2.53. The second-order valence-corrected chi connectivity index (χ2v) is 7.29. The number of hydrogen-bond acceptors (Lipinski definition) is 5. The molecule has 0 amide bonds. The zero-order valence-corrected chi connectivity index (χ0v) is 14.2. The van der Waals surface area contributed by atoms with Crippen LogP contribution in [0, 0.1) is 5.82 Å². The maximum atomic E-state index is 14.8. The first-order valence-electron chi connectivity index (χ1n) is 7.07. The van der Waals surface area contributed by atoms with E-state index in [0.29, 0.717) is 6.29 Å². The number of halogens is 1. The van der Waals surface area contributed by atoms with E-state index in [0.717, 1.165) is 11.8 Å². The van der Waals surface area contributed by atoms with Gasteiger partial charge in [0.05, 0.1) is 17.0 Å². The fourth-order valence-electron chi connectivity index (χ4n) is 2.14. The van der Waals surface area contributed by atoms with Crippen molar-refractivity contribution in [3.8, 4) is 0 Å². The molecule has 0 bridgehead atoms. The number of carboxylic acid groups (broad SMARTS) is 1. The zero-order valence-electron chi connectivity index (χ0n) is 13.4. The van der Waals surface area contributed by atoms with E-state index in [1.54, 1.807) is 0 Å². The molecule has 1 aromatic carbocycles. The van der Waals surface area contributed by atoms with Crippen LogP contribution in [0.3, 0.4) is 0 Å². The summed E-state index contributed by atoms with van der Waals surface area (Å²) in [5.74, 6) is -2.01. The Balaban J connectivity index is 2.43. The molecule has 8 heteroatoms. The Morgan fingerprint density at radius 1 is 1.30 bits per heavy atom. The van der Waals surface area contributed by atoms with Crippen LogP contribution in [0.4, 0.5) is 4.39 Å². The van der Waals surface area contributed by atoms with Gasteiger partial charge < -0.3 is 14.4 Å². The fourth-order valence-corrected chi connectivity index (χ4v) is 2.82. The Morgan fingerprint density at radius 3 is 2.35 bits per heavy atom. The lowest BCUT2D eigenvalue weighted by molar-refractivity contribution is -0.133. The molecular formula is C15H18BFO5S. The van der Waals surface area contributed by atoms with Crippen LogP contribution in [-0.2, 0) is 14.1 Å². The number of rotatable bonds is 5. The van der Waals surface area contributed by atoms with E-state index >= 15 is 0 Å². The first kappa shape index (κ1) is 18.0. The van der Waals surface area contributed by atoms with Crippen molar-refractivity contribution in [2.24, 2.45) is 0 Å². The molecule has 1 fully saturated rings. The monoisotopic (exact) mass is 340 g/mol. The van der Waals surface area contributed by atoms with Crippen LogP contribution in [0.5, 0.6) is 0 Å². The Morgan fingerprint density at radius 2 is 1.87 bits per heavy atom. The zero-order chi connectivity index (χ0) is 17.4. The van der Waals surface area contributed by atoms with Crippen molar-refractivity contribution in [2.75, 3.05) is 5.75 Å². The maximum Gasteiger partial charge on any atom is 0.498 e. The second-order valence-electron chi connectivity index (χ2n) is 6.27. The molecule has 2 rings (SSSR count). The first-order chi connectivity index (χ1) is 10.6. The number of carbonyl (C=O) groups excluding carboxylic acids is 1. The van der Waals surface area contributed by atoms with E-state index in [2.05, 4.69) is 0 Å². The Bertz CT molecular complexity index is 631. The third-order valence-electron chi connectivity index (χ3n) is 4.15. The highest BCUT2D eigenvalue weighted by atomic mass is 32.2. The summed E-state index contributed by atoms with van der Waals surface area (Å²) >= 11 is 0.845. The number of carbonyl (C=O) groups is 2. The molecule has 0 saturated carbocycles. The molecule has 0 aliphatic carbocycles. The quantitative estimate of drug-likeness (QED) is 0.503. The summed E-state index contributed by atoms with van der Waals surface area (Å²) in [6.07, 6.45) is 0.537. The number of hydrogen-bond donors (Lipinski definition) is 1. The van der Waals surface area contributed by atoms with E-state index < -0.39 is 30.1 Å². The van der Waals surface area contributed by atoms with Crippen LogP contribution in [0.15, 0.2) is 17.0 Å². The molecule has 1 N–H and O–H groups in total. The lowest BCUT2D eigenvalue weighted by Gasteiger charge is -2.32. The summed E-state index contributed by atoms with van der Waals surface area (Å²) in [6.45, 7) is 7.31. The molecule has 0 spiro atoms. The normalized spacial score (nSPS) is 18.9.